The van der Waals surface area contributed by atoms with Crippen LogP contribution in [0.15, 0.2) is 12.3 Å². The Bertz CT molecular complexity index is 492. The van der Waals surface area contributed by atoms with E-state index in [0.717, 1.165) is 25.4 Å². The molecule has 0 aromatic carbocycles. The number of rotatable bonds is 6. The van der Waals surface area contributed by atoms with Gasteiger partial charge in [0.15, 0.2) is 0 Å². The highest BCUT2D eigenvalue weighted by atomic mass is 35.5. The second-order valence-corrected chi connectivity index (χ2v) is 6.38. The molecule has 1 amide bonds. The van der Waals surface area contributed by atoms with Crippen LogP contribution in [0.25, 0.3) is 0 Å². The molecule has 0 radical (unpaired) electrons. The lowest BCUT2D eigenvalue weighted by atomic mass is 10.1. The molecule has 116 valence electrons. The van der Waals surface area contributed by atoms with Crippen LogP contribution in [0.1, 0.15) is 49.9 Å². The van der Waals surface area contributed by atoms with Gasteiger partial charge in [0.25, 0.3) is 5.91 Å². The Morgan fingerprint density at radius 1 is 1.48 bits per heavy atom. The maximum atomic E-state index is 12.1. The van der Waals surface area contributed by atoms with Crippen LogP contribution < -0.4 is 10.6 Å². The number of hydrogen-bond donors (Lipinski definition) is 2. The van der Waals surface area contributed by atoms with Crippen molar-refractivity contribution < 1.29 is 4.79 Å². The lowest BCUT2D eigenvalue weighted by Crippen LogP contribution is -2.28. The van der Waals surface area contributed by atoms with Gasteiger partial charge in [0.05, 0.1) is 10.6 Å². The van der Waals surface area contributed by atoms with Gasteiger partial charge >= 0.3 is 0 Å². The Morgan fingerprint density at radius 3 is 2.90 bits per heavy atom. The Labute approximate surface area is 131 Å². The quantitative estimate of drug-likeness (QED) is 0.842. The minimum absolute atomic E-state index is 0.0917. The summed E-state index contributed by atoms with van der Waals surface area (Å²) in [6.07, 6.45) is 6.27. The van der Waals surface area contributed by atoms with Crippen LogP contribution in [-0.2, 0) is 0 Å². The number of aromatic nitrogens is 1. The molecule has 1 heterocycles. The molecule has 0 saturated heterocycles. The number of halogens is 1. The highest BCUT2D eigenvalue weighted by molar-refractivity contribution is 6.33. The van der Waals surface area contributed by atoms with E-state index in [1.807, 2.05) is 0 Å². The van der Waals surface area contributed by atoms with Crippen molar-refractivity contribution in [2.45, 2.75) is 39.5 Å². The second kappa shape index (κ2) is 7.64. The van der Waals surface area contributed by atoms with E-state index in [1.165, 1.54) is 19.3 Å². The monoisotopic (exact) mass is 309 g/mol. The van der Waals surface area contributed by atoms with Gasteiger partial charge in [-0.25, -0.2) is 4.98 Å². The standard InChI is InChI=1S/C16H24ClN3O/c1-3-6-18-15-14(17)8-13(10-19-15)16(21)20-9-12-5-4-11(2)7-12/h8,10-12H,3-7,9H2,1-2H3,(H,18,19)(H,20,21). The summed E-state index contributed by atoms with van der Waals surface area (Å²) in [5.74, 6) is 1.94. The van der Waals surface area contributed by atoms with E-state index in [0.29, 0.717) is 22.3 Å². The van der Waals surface area contributed by atoms with Crippen molar-refractivity contribution in [3.8, 4) is 0 Å². The summed E-state index contributed by atoms with van der Waals surface area (Å²) in [5.41, 5.74) is 0.521. The molecular formula is C16H24ClN3O. The maximum absolute atomic E-state index is 12.1. The van der Waals surface area contributed by atoms with E-state index in [1.54, 1.807) is 12.3 Å². The molecule has 2 unspecified atom stereocenters. The number of hydrogen-bond acceptors (Lipinski definition) is 3. The number of nitrogens with one attached hydrogen (secondary N) is 2. The van der Waals surface area contributed by atoms with Crippen LogP contribution >= 0.6 is 11.6 Å². The molecule has 1 fully saturated rings. The lowest BCUT2D eigenvalue weighted by molar-refractivity contribution is 0.0947. The van der Waals surface area contributed by atoms with Gasteiger partial charge in [-0.05, 0) is 37.2 Å². The topological polar surface area (TPSA) is 54.0 Å². The SMILES string of the molecule is CCCNc1ncc(C(=O)NCC2CCC(C)C2)cc1Cl. The van der Waals surface area contributed by atoms with E-state index < -0.39 is 0 Å². The van der Waals surface area contributed by atoms with Crippen LogP contribution in [0.4, 0.5) is 5.82 Å². The van der Waals surface area contributed by atoms with Gasteiger partial charge in [0.2, 0.25) is 0 Å². The molecule has 2 rings (SSSR count). The molecule has 1 aliphatic rings. The van der Waals surface area contributed by atoms with Gasteiger partial charge in [-0.15, -0.1) is 0 Å². The summed E-state index contributed by atoms with van der Waals surface area (Å²) >= 11 is 6.15. The molecule has 4 nitrogen and oxygen atoms in total. The number of carbonyl (C=O) groups is 1. The summed E-state index contributed by atoms with van der Waals surface area (Å²) in [6.45, 7) is 5.91. The van der Waals surface area contributed by atoms with Crippen LogP contribution in [0, 0.1) is 11.8 Å². The van der Waals surface area contributed by atoms with E-state index >= 15 is 0 Å². The Kier molecular flexibility index (Phi) is 5.85. The average Bonchev–Trinajstić information content (AvgIpc) is 2.89. The number of anilines is 1. The maximum Gasteiger partial charge on any atom is 0.252 e. The zero-order chi connectivity index (χ0) is 15.2. The van der Waals surface area contributed by atoms with Gasteiger partial charge in [0, 0.05) is 19.3 Å². The van der Waals surface area contributed by atoms with E-state index in [9.17, 15) is 4.79 Å². The first-order valence-corrected chi connectivity index (χ1v) is 8.15. The van der Waals surface area contributed by atoms with Gasteiger partial charge < -0.3 is 10.6 Å². The first-order chi connectivity index (χ1) is 10.1. The average molecular weight is 310 g/mol. The smallest absolute Gasteiger partial charge is 0.252 e. The molecule has 1 aromatic rings. The van der Waals surface area contributed by atoms with Crippen molar-refractivity contribution in [2.75, 3.05) is 18.4 Å². The molecule has 0 spiro atoms. The van der Waals surface area contributed by atoms with Crippen LogP contribution in [0.2, 0.25) is 5.02 Å². The predicted molar refractivity (Wildman–Crippen MR) is 86.9 cm³/mol. The number of nitrogens with zero attached hydrogens (tertiary/aromatic N) is 1. The molecule has 0 bridgehead atoms. The second-order valence-electron chi connectivity index (χ2n) is 5.98. The van der Waals surface area contributed by atoms with E-state index in [-0.39, 0.29) is 5.91 Å². The summed E-state index contributed by atoms with van der Waals surface area (Å²) in [5, 5.41) is 6.62. The number of pyridine rings is 1. The molecule has 1 aromatic heterocycles. The molecule has 0 aliphatic heterocycles. The first-order valence-electron chi connectivity index (χ1n) is 7.77. The third kappa shape index (κ3) is 4.60. The van der Waals surface area contributed by atoms with Crippen LogP contribution in [-0.4, -0.2) is 24.0 Å². The number of amides is 1. The Balaban J connectivity index is 1.88. The molecule has 1 aliphatic carbocycles. The fourth-order valence-electron chi connectivity index (χ4n) is 2.79. The molecule has 5 heteroatoms. The van der Waals surface area contributed by atoms with Gasteiger partial charge in [-0.3, -0.25) is 4.79 Å². The van der Waals surface area contributed by atoms with Crippen molar-refractivity contribution in [1.29, 1.82) is 0 Å². The normalized spacial score (nSPS) is 21.3. The van der Waals surface area contributed by atoms with Crippen molar-refractivity contribution in [1.82, 2.24) is 10.3 Å². The van der Waals surface area contributed by atoms with Gasteiger partial charge in [-0.1, -0.05) is 31.9 Å². The molecule has 1 saturated carbocycles. The third-order valence-corrected chi connectivity index (χ3v) is 4.29. The van der Waals surface area contributed by atoms with E-state index in [2.05, 4.69) is 29.5 Å². The van der Waals surface area contributed by atoms with Gasteiger partial charge in [0.1, 0.15) is 5.82 Å². The molecule has 21 heavy (non-hydrogen) atoms. The van der Waals surface area contributed by atoms with E-state index in [4.69, 9.17) is 11.6 Å². The highest BCUT2D eigenvalue weighted by Crippen LogP contribution is 2.29. The fraction of sp³-hybridized carbons (Fsp3) is 0.625. The zero-order valence-corrected chi connectivity index (χ0v) is 13.5. The molecule has 2 atom stereocenters. The minimum atomic E-state index is -0.0917. The first kappa shape index (κ1) is 16.1. The van der Waals surface area contributed by atoms with Crippen LogP contribution in [0.5, 0.6) is 0 Å². The largest absolute Gasteiger partial charge is 0.369 e. The number of carbonyl (C=O) groups excluding carboxylic acids is 1. The van der Waals surface area contributed by atoms with Crippen molar-refractivity contribution in [3.63, 3.8) is 0 Å². The van der Waals surface area contributed by atoms with Crippen molar-refractivity contribution >= 4 is 23.3 Å². The van der Waals surface area contributed by atoms with Gasteiger partial charge in [-0.2, -0.15) is 0 Å². The Hall–Kier alpha value is -1.29. The lowest BCUT2D eigenvalue weighted by Gasteiger charge is -2.12. The minimum Gasteiger partial charge on any atom is -0.369 e. The molecular weight excluding hydrogens is 286 g/mol. The zero-order valence-electron chi connectivity index (χ0n) is 12.8. The summed E-state index contributed by atoms with van der Waals surface area (Å²) in [7, 11) is 0. The summed E-state index contributed by atoms with van der Waals surface area (Å²) < 4.78 is 0. The Morgan fingerprint density at radius 2 is 2.29 bits per heavy atom. The molecule has 2 N–H and O–H groups in total. The summed E-state index contributed by atoms with van der Waals surface area (Å²) in [6, 6.07) is 1.68. The highest BCUT2D eigenvalue weighted by Gasteiger charge is 2.21. The third-order valence-electron chi connectivity index (χ3n) is 4.00. The van der Waals surface area contributed by atoms with Crippen molar-refractivity contribution in [2.24, 2.45) is 11.8 Å². The van der Waals surface area contributed by atoms with Crippen molar-refractivity contribution in [3.05, 3.63) is 22.8 Å². The summed E-state index contributed by atoms with van der Waals surface area (Å²) in [4.78, 5) is 16.4. The fourth-order valence-corrected chi connectivity index (χ4v) is 3.02. The predicted octanol–water partition coefficient (Wildman–Crippen LogP) is 3.72. The van der Waals surface area contributed by atoms with Crippen LogP contribution in [0.3, 0.4) is 0 Å².